The minimum absolute atomic E-state index is 0.144. The summed E-state index contributed by atoms with van der Waals surface area (Å²) in [5.74, 6) is -0.199. The van der Waals surface area contributed by atoms with Gasteiger partial charge in [-0.2, -0.15) is 0 Å². The van der Waals surface area contributed by atoms with Crippen molar-refractivity contribution in [2.45, 2.75) is 0 Å². The molecule has 4 N–H and O–H groups in total. The minimum Gasteiger partial charge on any atom is -0.491 e. The number of carbonyl (C=O) groups is 2. The average molecular weight is 329 g/mol. The lowest BCUT2D eigenvalue weighted by molar-refractivity contribution is -0.123. The van der Waals surface area contributed by atoms with Crippen LogP contribution in [0.15, 0.2) is 18.2 Å². The number of rotatable bonds is 8. The molecule has 0 radical (unpaired) electrons. The number of hydrogen-bond acceptors (Lipinski definition) is 5. The number of hydrogen-bond donors (Lipinski definition) is 3. The van der Waals surface area contributed by atoms with E-state index in [0.29, 0.717) is 23.1 Å². The van der Waals surface area contributed by atoms with Gasteiger partial charge in [-0.15, -0.1) is 0 Å². The lowest BCUT2D eigenvalue weighted by atomic mass is 10.3. The number of amides is 2. The summed E-state index contributed by atoms with van der Waals surface area (Å²) in [5, 5.41) is 5.40. The van der Waals surface area contributed by atoms with E-state index in [1.54, 1.807) is 18.2 Å². The molecule has 0 aliphatic rings. The van der Waals surface area contributed by atoms with Crippen molar-refractivity contribution in [2.75, 3.05) is 45.7 Å². The number of nitrogens with zero attached hydrogens (tertiary/aromatic N) is 1. The number of nitrogens with two attached hydrogens (primary N) is 1. The van der Waals surface area contributed by atoms with Gasteiger partial charge in [0, 0.05) is 12.2 Å². The molecule has 0 heterocycles. The zero-order valence-electron chi connectivity index (χ0n) is 12.7. The van der Waals surface area contributed by atoms with E-state index in [4.69, 9.17) is 22.1 Å². The predicted molar refractivity (Wildman–Crippen MR) is 86.2 cm³/mol. The second-order valence-corrected chi connectivity index (χ2v) is 5.23. The van der Waals surface area contributed by atoms with E-state index >= 15 is 0 Å². The Kier molecular flexibility index (Phi) is 7.65. The minimum atomic E-state index is -0.391. The van der Waals surface area contributed by atoms with Gasteiger partial charge in [0.1, 0.15) is 12.4 Å². The highest BCUT2D eigenvalue weighted by atomic mass is 35.5. The zero-order valence-corrected chi connectivity index (χ0v) is 13.4. The van der Waals surface area contributed by atoms with Crippen LogP contribution in [0.2, 0.25) is 5.02 Å². The number of benzene rings is 1. The van der Waals surface area contributed by atoms with E-state index in [1.165, 1.54) is 0 Å². The van der Waals surface area contributed by atoms with Gasteiger partial charge in [-0.25, -0.2) is 0 Å². The molecule has 2 amide bonds. The second-order valence-electron chi connectivity index (χ2n) is 4.83. The Bertz CT molecular complexity index is 523. The molecule has 8 heteroatoms. The van der Waals surface area contributed by atoms with Crippen molar-refractivity contribution in [1.82, 2.24) is 10.2 Å². The maximum atomic E-state index is 11.6. The monoisotopic (exact) mass is 328 g/mol. The molecule has 0 aliphatic heterocycles. The molecule has 0 spiro atoms. The fourth-order valence-electron chi connectivity index (χ4n) is 1.49. The molecule has 0 unspecified atom stereocenters. The number of halogens is 1. The summed E-state index contributed by atoms with van der Waals surface area (Å²) in [5.41, 5.74) is 5.65. The molecule has 122 valence electrons. The Morgan fingerprint density at radius 3 is 2.64 bits per heavy atom. The van der Waals surface area contributed by atoms with Gasteiger partial charge in [-0.05, 0) is 32.3 Å². The SMILES string of the molecule is CN(C)CCOc1ccc(NC(=O)CNC(=O)CN)cc1Cl. The van der Waals surface area contributed by atoms with Crippen molar-refractivity contribution in [3.05, 3.63) is 23.2 Å². The molecule has 0 bridgehead atoms. The second kappa shape index (κ2) is 9.24. The molecular formula is C14H21ClN4O3. The first-order chi connectivity index (χ1) is 10.4. The van der Waals surface area contributed by atoms with Crippen LogP contribution in [-0.2, 0) is 9.59 Å². The lowest BCUT2D eigenvalue weighted by Gasteiger charge is -2.13. The third kappa shape index (κ3) is 6.75. The standard InChI is InChI=1S/C14H21ClN4O3/c1-19(2)5-6-22-12-4-3-10(7-11(12)15)18-14(21)9-17-13(20)8-16/h3-4,7H,5-6,8-9,16H2,1-2H3,(H,17,20)(H,18,21). The molecule has 0 saturated carbocycles. The van der Waals surface area contributed by atoms with Crippen LogP contribution in [0.4, 0.5) is 5.69 Å². The van der Waals surface area contributed by atoms with Crippen molar-refractivity contribution >= 4 is 29.1 Å². The van der Waals surface area contributed by atoms with Crippen molar-refractivity contribution in [3.63, 3.8) is 0 Å². The van der Waals surface area contributed by atoms with Gasteiger partial charge in [0.25, 0.3) is 0 Å². The summed E-state index contributed by atoms with van der Waals surface area (Å²) in [6.07, 6.45) is 0. The number of nitrogens with one attached hydrogen (secondary N) is 2. The highest BCUT2D eigenvalue weighted by Gasteiger charge is 2.07. The normalized spacial score (nSPS) is 10.4. The molecule has 1 aromatic carbocycles. The van der Waals surface area contributed by atoms with E-state index in [2.05, 4.69) is 10.6 Å². The molecule has 0 aliphatic carbocycles. The maximum Gasteiger partial charge on any atom is 0.243 e. The topological polar surface area (TPSA) is 96.7 Å². The molecule has 1 rings (SSSR count). The number of anilines is 1. The van der Waals surface area contributed by atoms with Crippen molar-refractivity contribution in [1.29, 1.82) is 0 Å². The zero-order chi connectivity index (χ0) is 16.5. The summed E-state index contributed by atoms with van der Waals surface area (Å²) < 4.78 is 5.54. The summed E-state index contributed by atoms with van der Waals surface area (Å²) in [6.45, 7) is 0.992. The quantitative estimate of drug-likeness (QED) is 0.637. The smallest absolute Gasteiger partial charge is 0.243 e. The number of likely N-dealkylation sites (N-methyl/N-ethyl adjacent to an activating group) is 1. The third-order valence-electron chi connectivity index (χ3n) is 2.64. The van der Waals surface area contributed by atoms with Crippen molar-refractivity contribution in [2.24, 2.45) is 5.73 Å². The van der Waals surface area contributed by atoms with Gasteiger partial charge in [0.2, 0.25) is 11.8 Å². The Balaban J connectivity index is 2.50. The highest BCUT2D eigenvalue weighted by Crippen LogP contribution is 2.27. The molecule has 0 fully saturated rings. The summed E-state index contributed by atoms with van der Waals surface area (Å²) in [4.78, 5) is 24.6. The largest absolute Gasteiger partial charge is 0.491 e. The Labute approximate surface area is 134 Å². The van der Waals surface area contributed by atoms with Crippen molar-refractivity contribution < 1.29 is 14.3 Å². The molecule has 7 nitrogen and oxygen atoms in total. The third-order valence-corrected chi connectivity index (χ3v) is 2.94. The van der Waals surface area contributed by atoms with E-state index < -0.39 is 5.91 Å². The Morgan fingerprint density at radius 2 is 2.05 bits per heavy atom. The Morgan fingerprint density at radius 1 is 1.32 bits per heavy atom. The van der Waals surface area contributed by atoms with Crippen LogP contribution < -0.4 is 21.1 Å². The van der Waals surface area contributed by atoms with Crippen molar-refractivity contribution in [3.8, 4) is 5.75 Å². The molecule has 0 aromatic heterocycles. The van der Waals surface area contributed by atoms with Crippen LogP contribution in [0, 0.1) is 0 Å². The fraction of sp³-hybridized carbons (Fsp3) is 0.429. The van der Waals surface area contributed by atoms with Gasteiger partial charge < -0.3 is 26.0 Å². The summed E-state index contributed by atoms with van der Waals surface area (Å²) in [6, 6.07) is 4.96. The van der Waals surface area contributed by atoms with Gasteiger partial charge in [-0.1, -0.05) is 11.6 Å². The fourth-order valence-corrected chi connectivity index (χ4v) is 1.73. The summed E-state index contributed by atoms with van der Waals surface area (Å²) >= 11 is 6.10. The molecule has 0 atom stereocenters. The van der Waals surface area contributed by atoms with Crippen LogP contribution in [0.25, 0.3) is 0 Å². The number of carbonyl (C=O) groups excluding carboxylic acids is 2. The molecule has 0 saturated heterocycles. The molecular weight excluding hydrogens is 308 g/mol. The van der Waals surface area contributed by atoms with Crippen LogP contribution in [0.3, 0.4) is 0 Å². The van der Waals surface area contributed by atoms with Crippen LogP contribution in [0.5, 0.6) is 5.75 Å². The van der Waals surface area contributed by atoms with Gasteiger partial charge in [-0.3, -0.25) is 9.59 Å². The molecule has 22 heavy (non-hydrogen) atoms. The first kappa shape index (κ1) is 18.2. The van der Waals surface area contributed by atoms with Gasteiger partial charge in [0.05, 0.1) is 18.1 Å². The number of ether oxygens (including phenoxy) is 1. The maximum absolute atomic E-state index is 11.6. The molecule has 1 aromatic rings. The van der Waals surface area contributed by atoms with E-state index in [1.807, 2.05) is 19.0 Å². The summed E-state index contributed by atoms with van der Waals surface area (Å²) in [7, 11) is 3.90. The van der Waals surface area contributed by atoms with Crippen LogP contribution in [-0.4, -0.2) is 57.1 Å². The Hall–Kier alpha value is -1.83. The first-order valence-electron chi connectivity index (χ1n) is 6.76. The van der Waals surface area contributed by atoms with Crippen LogP contribution in [0.1, 0.15) is 0 Å². The lowest BCUT2D eigenvalue weighted by Crippen LogP contribution is -2.36. The average Bonchev–Trinajstić information content (AvgIpc) is 2.46. The van der Waals surface area contributed by atoms with Gasteiger partial charge >= 0.3 is 0 Å². The first-order valence-corrected chi connectivity index (χ1v) is 7.14. The van der Waals surface area contributed by atoms with E-state index in [-0.39, 0.29) is 19.0 Å². The van der Waals surface area contributed by atoms with E-state index in [0.717, 1.165) is 6.54 Å². The van der Waals surface area contributed by atoms with Crippen LogP contribution >= 0.6 is 11.6 Å². The highest BCUT2D eigenvalue weighted by molar-refractivity contribution is 6.32. The van der Waals surface area contributed by atoms with Gasteiger partial charge in [0.15, 0.2) is 0 Å². The van der Waals surface area contributed by atoms with E-state index in [9.17, 15) is 9.59 Å². The predicted octanol–water partition coefficient (Wildman–Crippen LogP) is 0.294.